The predicted octanol–water partition coefficient (Wildman–Crippen LogP) is 2.81. The molecule has 0 heterocycles. The summed E-state index contributed by atoms with van der Waals surface area (Å²) < 4.78 is 5.19. The fourth-order valence-corrected chi connectivity index (χ4v) is 3.44. The predicted molar refractivity (Wildman–Crippen MR) is 71.5 cm³/mol. The largest absolute Gasteiger partial charge is 0.497 e. The van der Waals surface area contributed by atoms with E-state index in [1.165, 1.54) is 0 Å². The van der Waals surface area contributed by atoms with Crippen molar-refractivity contribution in [3.05, 3.63) is 29.3 Å². The Morgan fingerprint density at radius 2 is 1.95 bits per heavy atom. The van der Waals surface area contributed by atoms with Crippen LogP contribution in [0.1, 0.15) is 41.6 Å². The second-order valence-electron chi connectivity index (χ2n) is 5.50. The van der Waals surface area contributed by atoms with Crippen molar-refractivity contribution in [3.8, 4) is 5.75 Å². The van der Waals surface area contributed by atoms with Crippen molar-refractivity contribution in [1.82, 2.24) is 0 Å². The third-order valence-corrected chi connectivity index (χ3v) is 4.48. The molecule has 2 atom stereocenters. The van der Waals surface area contributed by atoms with E-state index in [0.29, 0.717) is 6.42 Å². The van der Waals surface area contributed by atoms with E-state index in [9.17, 15) is 9.59 Å². The number of benzene rings is 1. The maximum atomic E-state index is 12.6. The highest BCUT2D eigenvalue weighted by Gasteiger charge is 2.39. The van der Waals surface area contributed by atoms with Crippen LogP contribution in [0.2, 0.25) is 0 Å². The molecular weight excluding hydrogens is 240 g/mol. The zero-order valence-corrected chi connectivity index (χ0v) is 11.1. The van der Waals surface area contributed by atoms with E-state index in [0.717, 1.165) is 42.6 Å². The van der Waals surface area contributed by atoms with Crippen molar-refractivity contribution >= 4 is 11.6 Å². The Balaban J connectivity index is 1.89. The first-order valence-corrected chi connectivity index (χ1v) is 6.94. The minimum Gasteiger partial charge on any atom is -0.497 e. The number of ketones is 2. The van der Waals surface area contributed by atoms with Crippen LogP contribution in [0, 0.1) is 11.8 Å². The maximum absolute atomic E-state index is 12.6. The van der Waals surface area contributed by atoms with Crippen LogP contribution in [0.3, 0.4) is 0 Å². The molecule has 0 aromatic heterocycles. The summed E-state index contributed by atoms with van der Waals surface area (Å²) in [6, 6.07) is 5.62. The highest BCUT2D eigenvalue weighted by atomic mass is 16.5. The highest BCUT2D eigenvalue weighted by Crippen LogP contribution is 2.37. The quantitative estimate of drug-likeness (QED) is 0.819. The first-order valence-electron chi connectivity index (χ1n) is 6.94. The summed E-state index contributed by atoms with van der Waals surface area (Å²) in [7, 11) is 1.63. The number of aryl methyl sites for hydroxylation is 1. The Bertz CT molecular complexity index is 533. The van der Waals surface area contributed by atoms with Gasteiger partial charge in [0.1, 0.15) is 11.5 Å². The lowest BCUT2D eigenvalue weighted by Gasteiger charge is -2.27. The summed E-state index contributed by atoms with van der Waals surface area (Å²) in [5, 5.41) is 0. The molecule has 3 nitrogen and oxygen atoms in total. The molecule has 2 aliphatic rings. The van der Waals surface area contributed by atoms with Crippen molar-refractivity contribution in [2.75, 3.05) is 7.11 Å². The molecule has 0 saturated heterocycles. The third kappa shape index (κ3) is 2.07. The molecule has 1 aromatic carbocycles. The lowest BCUT2D eigenvalue weighted by molar-refractivity contribution is -0.121. The maximum Gasteiger partial charge on any atom is 0.166 e. The number of carbonyl (C=O) groups excluding carboxylic acids is 2. The van der Waals surface area contributed by atoms with Gasteiger partial charge in [0.05, 0.1) is 7.11 Å². The number of carbonyl (C=O) groups is 2. The summed E-state index contributed by atoms with van der Waals surface area (Å²) >= 11 is 0. The van der Waals surface area contributed by atoms with Gasteiger partial charge in [-0.2, -0.15) is 0 Å². The Hall–Kier alpha value is -1.64. The van der Waals surface area contributed by atoms with E-state index in [1.807, 2.05) is 18.2 Å². The SMILES string of the molecule is COc1ccc2c(c1)CCC(C1CCCC1=O)C2=O. The van der Waals surface area contributed by atoms with Gasteiger partial charge in [-0.1, -0.05) is 0 Å². The van der Waals surface area contributed by atoms with Gasteiger partial charge in [-0.25, -0.2) is 0 Å². The van der Waals surface area contributed by atoms with Crippen LogP contribution in [0.25, 0.3) is 0 Å². The van der Waals surface area contributed by atoms with Gasteiger partial charge < -0.3 is 4.74 Å². The lowest BCUT2D eigenvalue weighted by Crippen LogP contribution is -2.31. The first kappa shape index (κ1) is 12.4. The fourth-order valence-electron chi connectivity index (χ4n) is 3.44. The number of methoxy groups -OCH3 is 1. The molecule has 1 aromatic rings. The number of fused-ring (bicyclic) bond motifs is 1. The van der Waals surface area contributed by atoms with Gasteiger partial charge >= 0.3 is 0 Å². The Morgan fingerprint density at radius 3 is 2.63 bits per heavy atom. The Kier molecular flexibility index (Phi) is 3.13. The molecule has 0 bridgehead atoms. The number of hydrogen-bond donors (Lipinski definition) is 0. The van der Waals surface area contributed by atoms with Gasteiger partial charge in [0, 0.05) is 23.8 Å². The van der Waals surface area contributed by atoms with Crippen molar-refractivity contribution in [3.63, 3.8) is 0 Å². The lowest BCUT2D eigenvalue weighted by atomic mass is 9.75. The van der Waals surface area contributed by atoms with Crippen molar-refractivity contribution in [2.45, 2.75) is 32.1 Å². The summed E-state index contributed by atoms with van der Waals surface area (Å²) in [5.74, 6) is 1.13. The minimum absolute atomic E-state index is 0.0252. The van der Waals surface area contributed by atoms with Crippen LogP contribution >= 0.6 is 0 Å². The molecular formula is C16H18O3. The van der Waals surface area contributed by atoms with Crippen LogP contribution < -0.4 is 4.74 Å². The zero-order valence-electron chi connectivity index (χ0n) is 11.1. The molecule has 0 spiro atoms. The average Bonchev–Trinajstić information content (AvgIpc) is 2.85. The molecule has 19 heavy (non-hydrogen) atoms. The van der Waals surface area contributed by atoms with Gasteiger partial charge in [0.2, 0.25) is 0 Å². The van der Waals surface area contributed by atoms with Gasteiger partial charge in [0.25, 0.3) is 0 Å². The smallest absolute Gasteiger partial charge is 0.166 e. The van der Waals surface area contributed by atoms with Crippen LogP contribution in [0.5, 0.6) is 5.75 Å². The van der Waals surface area contributed by atoms with Crippen LogP contribution in [-0.4, -0.2) is 18.7 Å². The summed E-state index contributed by atoms with van der Waals surface area (Å²) in [4.78, 5) is 24.4. The molecule has 1 fully saturated rings. The molecule has 0 radical (unpaired) electrons. The molecule has 2 aliphatic carbocycles. The molecule has 3 heteroatoms. The van der Waals surface area contributed by atoms with E-state index in [4.69, 9.17) is 4.74 Å². The van der Waals surface area contributed by atoms with E-state index in [1.54, 1.807) is 7.11 Å². The molecule has 2 unspecified atom stereocenters. The third-order valence-electron chi connectivity index (χ3n) is 4.48. The van der Waals surface area contributed by atoms with Gasteiger partial charge in [0.15, 0.2) is 5.78 Å². The average molecular weight is 258 g/mol. The monoisotopic (exact) mass is 258 g/mol. The van der Waals surface area contributed by atoms with Gasteiger partial charge in [-0.3, -0.25) is 9.59 Å². The van der Waals surface area contributed by atoms with Crippen LogP contribution in [-0.2, 0) is 11.2 Å². The van der Waals surface area contributed by atoms with E-state index in [2.05, 4.69) is 0 Å². The molecule has 3 rings (SSSR count). The Morgan fingerprint density at radius 1 is 1.11 bits per heavy atom. The van der Waals surface area contributed by atoms with Crippen molar-refractivity contribution in [1.29, 1.82) is 0 Å². The zero-order chi connectivity index (χ0) is 13.4. The van der Waals surface area contributed by atoms with E-state index in [-0.39, 0.29) is 23.4 Å². The highest BCUT2D eigenvalue weighted by molar-refractivity contribution is 6.03. The van der Waals surface area contributed by atoms with E-state index >= 15 is 0 Å². The molecule has 0 N–H and O–H groups in total. The molecule has 1 saturated carbocycles. The van der Waals surface area contributed by atoms with Crippen molar-refractivity contribution < 1.29 is 14.3 Å². The van der Waals surface area contributed by atoms with Gasteiger partial charge in [-0.05, 0) is 49.4 Å². The minimum atomic E-state index is -0.0871. The number of ether oxygens (including phenoxy) is 1. The number of Topliss-reactive ketones (excluding diaryl/α,β-unsaturated/α-hetero) is 2. The van der Waals surface area contributed by atoms with Crippen LogP contribution in [0.15, 0.2) is 18.2 Å². The Labute approximate surface area is 113 Å². The molecule has 100 valence electrons. The normalized spacial score (nSPS) is 26.4. The number of rotatable bonds is 2. The van der Waals surface area contributed by atoms with E-state index < -0.39 is 0 Å². The second kappa shape index (κ2) is 4.80. The standard InChI is InChI=1S/C16H18O3/c1-19-11-6-8-12-10(9-11)5-7-14(16(12)18)13-3-2-4-15(13)17/h6,8-9,13-14H,2-5,7H2,1H3. The second-order valence-corrected chi connectivity index (χ2v) is 5.50. The van der Waals surface area contributed by atoms with Crippen LogP contribution in [0.4, 0.5) is 0 Å². The molecule has 0 aliphatic heterocycles. The number of hydrogen-bond acceptors (Lipinski definition) is 3. The topological polar surface area (TPSA) is 43.4 Å². The van der Waals surface area contributed by atoms with Crippen molar-refractivity contribution in [2.24, 2.45) is 11.8 Å². The summed E-state index contributed by atoms with van der Waals surface area (Å²) in [6.07, 6.45) is 4.16. The fraction of sp³-hybridized carbons (Fsp3) is 0.500. The summed E-state index contributed by atoms with van der Waals surface area (Å²) in [6.45, 7) is 0. The first-order chi connectivity index (χ1) is 9.20. The summed E-state index contributed by atoms with van der Waals surface area (Å²) in [5.41, 5.74) is 1.85. The molecule has 0 amide bonds. The van der Waals surface area contributed by atoms with Gasteiger partial charge in [-0.15, -0.1) is 0 Å².